The summed E-state index contributed by atoms with van der Waals surface area (Å²) in [5.41, 5.74) is 4.21. The van der Waals surface area contributed by atoms with Crippen molar-refractivity contribution >= 4 is 37.5 Å². The molecule has 0 aromatic heterocycles. The molecule has 0 aliphatic carbocycles. The molecule has 0 saturated heterocycles. The van der Waals surface area contributed by atoms with Gasteiger partial charge in [-0.3, -0.25) is 14.9 Å². The number of nitro groups is 1. The molecule has 98 valence electrons. The number of rotatable bonds is 5. The van der Waals surface area contributed by atoms with Crippen molar-refractivity contribution in [1.82, 2.24) is 4.72 Å². The maximum atomic E-state index is 11.8. The number of nitrogens with zero attached hydrogens (tertiary/aromatic N) is 1. The molecule has 0 heterocycles. The molecule has 0 radical (unpaired) electrons. The second-order valence-electron chi connectivity index (χ2n) is 3.16. The number of carbonyl (C=O) groups excluding carboxylic acids is 1. The predicted molar refractivity (Wildman–Crippen MR) is 65.2 cm³/mol. The van der Waals surface area contributed by atoms with Gasteiger partial charge < -0.3 is 5.73 Å². The molecular formula is C8H8BrN3O5S. The van der Waals surface area contributed by atoms with E-state index in [1.165, 1.54) is 6.07 Å². The number of nitro benzene ring substituents is 1. The van der Waals surface area contributed by atoms with Crippen LogP contribution in [0.4, 0.5) is 5.69 Å². The standard InChI is InChI=1S/C8H8BrN3O5S/c9-5-1-2-6(12(14)15)7(3-5)18(16,17)11-4-8(10)13/h1-3,11H,4H2,(H2,10,13). The van der Waals surface area contributed by atoms with Gasteiger partial charge in [0.1, 0.15) is 0 Å². The van der Waals surface area contributed by atoms with Crippen molar-refractivity contribution in [3.63, 3.8) is 0 Å². The Morgan fingerprint density at radius 3 is 2.61 bits per heavy atom. The van der Waals surface area contributed by atoms with E-state index in [-0.39, 0.29) is 0 Å². The van der Waals surface area contributed by atoms with Gasteiger partial charge in [0.25, 0.3) is 5.69 Å². The van der Waals surface area contributed by atoms with E-state index in [2.05, 4.69) is 15.9 Å². The zero-order valence-electron chi connectivity index (χ0n) is 8.79. The number of primary amides is 1. The van der Waals surface area contributed by atoms with Crippen LogP contribution in [-0.4, -0.2) is 25.8 Å². The molecule has 8 nitrogen and oxygen atoms in total. The fourth-order valence-corrected chi connectivity index (χ4v) is 2.80. The first kappa shape index (κ1) is 14.5. The van der Waals surface area contributed by atoms with E-state index in [1.54, 1.807) is 0 Å². The third kappa shape index (κ3) is 3.48. The maximum Gasteiger partial charge on any atom is 0.289 e. The number of halogens is 1. The maximum absolute atomic E-state index is 11.8. The predicted octanol–water partition coefficient (Wildman–Crippen LogP) is 0.121. The smallest absolute Gasteiger partial charge is 0.289 e. The number of nitrogens with one attached hydrogen (secondary N) is 1. The lowest BCUT2D eigenvalue weighted by Gasteiger charge is -2.06. The summed E-state index contributed by atoms with van der Waals surface area (Å²) >= 11 is 3.01. The Labute approximate surface area is 110 Å². The summed E-state index contributed by atoms with van der Waals surface area (Å²) in [6.07, 6.45) is 0. The molecule has 0 unspecified atom stereocenters. The van der Waals surface area contributed by atoms with Gasteiger partial charge in [0.2, 0.25) is 15.9 Å². The highest BCUT2D eigenvalue weighted by molar-refractivity contribution is 9.10. The van der Waals surface area contributed by atoms with E-state index in [0.717, 1.165) is 12.1 Å². The van der Waals surface area contributed by atoms with Crippen LogP contribution >= 0.6 is 15.9 Å². The third-order valence-corrected chi connectivity index (χ3v) is 3.77. The first-order chi connectivity index (χ1) is 8.24. The zero-order valence-corrected chi connectivity index (χ0v) is 11.2. The van der Waals surface area contributed by atoms with Crippen LogP contribution in [-0.2, 0) is 14.8 Å². The number of sulfonamides is 1. The molecule has 0 atom stereocenters. The van der Waals surface area contributed by atoms with Crippen molar-refractivity contribution in [3.05, 3.63) is 32.8 Å². The molecule has 1 amide bonds. The van der Waals surface area contributed by atoms with E-state index in [9.17, 15) is 23.3 Å². The Hall–Kier alpha value is -1.52. The quantitative estimate of drug-likeness (QED) is 0.581. The van der Waals surface area contributed by atoms with Crippen molar-refractivity contribution in [3.8, 4) is 0 Å². The van der Waals surface area contributed by atoms with E-state index in [4.69, 9.17) is 5.73 Å². The Kier molecular flexibility index (Phi) is 4.38. The molecular weight excluding hydrogens is 330 g/mol. The van der Waals surface area contributed by atoms with E-state index < -0.39 is 38.0 Å². The lowest BCUT2D eigenvalue weighted by Crippen LogP contribution is -2.33. The van der Waals surface area contributed by atoms with Crippen molar-refractivity contribution in [2.75, 3.05) is 6.54 Å². The van der Waals surface area contributed by atoms with Crippen LogP contribution in [0.25, 0.3) is 0 Å². The van der Waals surface area contributed by atoms with Crippen LogP contribution < -0.4 is 10.5 Å². The van der Waals surface area contributed by atoms with E-state index in [0.29, 0.717) is 4.47 Å². The summed E-state index contributed by atoms with van der Waals surface area (Å²) in [6, 6.07) is 3.45. The second kappa shape index (κ2) is 5.42. The van der Waals surface area contributed by atoms with Gasteiger partial charge in [0, 0.05) is 10.5 Å². The lowest BCUT2D eigenvalue weighted by atomic mass is 10.3. The normalized spacial score (nSPS) is 11.2. The van der Waals surface area contributed by atoms with Crippen molar-refractivity contribution in [2.24, 2.45) is 5.73 Å². The number of benzene rings is 1. The zero-order chi connectivity index (χ0) is 13.9. The number of carbonyl (C=O) groups is 1. The Morgan fingerprint density at radius 2 is 2.11 bits per heavy atom. The average molecular weight is 338 g/mol. The summed E-state index contributed by atoms with van der Waals surface area (Å²) in [7, 11) is -4.18. The van der Waals surface area contributed by atoms with Gasteiger partial charge >= 0.3 is 0 Å². The van der Waals surface area contributed by atoms with Gasteiger partial charge in [-0.05, 0) is 12.1 Å². The van der Waals surface area contributed by atoms with Crippen LogP contribution in [0.3, 0.4) is 0 Å². The molecule has 18 heavy (non-hydrogen) atoms. The highest BCUT2D eigenvalue weighted by Gasteiger charge is 2.26. The van der Waals surface area contributed by atoms with Crippen molar-refractivity contribution < 1.29 is 18.1 Å². The molecule has 0 fully saturated rings. The summed E-state index contributed by atoms with van der Waals surface area (Å²) in [4.78, 5) is 19.9. The van der Waals surface area contributed by atoms with E-state index >= 15 is 0 Å². The highest BCUT2D eigenvalue weighted by Crippen LogP contribution is 2.26. The van der Waals surface area contributed by atoms with Crippen LogP contribution in [0.5, 0.6) is 0 Å². The summed E-state index contributed by atoms with van der Waals surface area (Å²) in [5, 5.41) is 10.7. The Balaban J connectivity index is 3.26. The molecule has 0 spiro atoms. The molecule has 10 heteroatoms. The SMILES string of the molecule is NC(=O)CNS(=O)(=O)c1cc(Br)ccc1[N+](=O)[O-]. The van der Waals surface area contributed by atoms with Crippen molar-refractivity contribution in [1.29, 1.82) is 0 Å². The molecule has 1 aromatic rings. The van der Waals surface area contributed by atoms with Crippen LogP contribution in [0.2, 0.25) is 0 Å². The number of hydrogen-bond acceptors (Lipinski definition) is 5. The van der Waals surface area contributed by atoms with Gasteiger partial charge in [-0.1, -0.05) is 15.9 Å². The van der Waals surface area contributed by atoms with Gasteiger partial charge in [0.15, 0.2) is 4.90 Å². The second-order valence-corrected chi connectivity index (χ2v) is 5.81. The minimum absolute atomic E-state index is 0.354. The van der Waals surface area contributed by atoms with Crippen LogP contribution in [0.15, 0.2) is 27.6 Å². The average Bonchev–Trinajstić information content (AvgIpc) is 2.26. The molecule has 1 rings (SSSR count). The molecule has 0 aliphatic rings. The lowest BCUT2D eigenvalue weighted by molar-refractivity contribution is -0.387. The summed E-state index contributed by atoms with van der Waals surface area (Å²) in [6.45, 7) is -0.633. The van der Waals surface area contributed by atoms with Crippen LogP contribution in [0, 0.1) is 10.1 Å². The molecule has 0 bridgehead atoms. The monoisotopic (exact) mass is 337 g/mol. The van der Waals surface area contributed by atoms with Gasteiger partial charge in [0.05, 0.1) is 11.5 Å². The number of hydrogen-bond donors (Lipinski definition) is 2. The first-order valence-electron chi connectivity index (χ1n) is 4.46. The number of amides is 1. The van der Waals surface area contributed by atoms with Gasteiger partial charge in [-0.25, -0.2) is 13.1 Å². The summed E-state index contributed by atoms with van der Waals surface area (Å²) < 4.78 is 25.8. The van der Waals surface area contributed by atoms with Gasteiger partial charge in [-0.2, -0.15) is 0 Å². The topological polar surface area (TPSA) is 132 Å². The molecule has 0 saturated carbocycles. The minimum atomic E-state index is -4.18. The fourth-order valence-electron chi connectivity index (χ4n) is 1.10. The first-order valence-corrected chi connectivity index (χ1v) is 6.73. The highest BCUT2D eigenvalue weighted by atomic mass is 79.9. The van der Waals surface area contributed by atoms with Crippen LogP contribution in [0.1, 0.15) is 0 Å². The minimum Gasteiger partial charge on any atom is -0.369 e. The van der Waals surface area contributed by atoms with E-state index in [1.807, 2.05) is 4.72 Å². The van der Waals surface area contributed by atoms with Crippen molar-refractivity contribution in [2.45, 2.75) is 4.90 Å². The van der Waals surface area contributed by atoms with Gasteiger partial charge in [-0.15, -0.1) is 0 Å². The molecule has 1 aromatic carbocycles. The Morgan fingerprint density at radius 1 is 1.50 bits per heavy atom. The Bertz CT molecular complexity index is 601. The third-order valence-electron chi connectivity index (χ3n) is 1.84. The summed E-state index contributed by atoms with van der Waals surface area (Å²) in [5.74, 6) is -0.892. The molecule has 0 aliphatic heterocycles. The molecule has 3 N–H and O–H groups in total. The largest absolute Gasteiger partial charge is 0.369 e. The fraction of sp³-hybridized carbons (Fsp3) is 0.125. The number of nitrogens with two attached hydrogens (primary N) is 1.